The van der Waals surface area contributed by atoms with Gasteiger partial charge >= 0.3 is 5.97 Å². The van der Waals surface area contributed by atoms with Crippen LogP contribution in [0.5, 0.6) is 0 Å². The summed E-state index contributed by atoms with van der Waals surface area (Å²) < 4.78 is 18.8. The molecule has 0 saturated carbocycles. The molecule has 1 unspecified atom stereocenters. The Balaban J connectivity index is 2.91. The minimum absolute atomic E-state index is 0.275. The lowest BCUT2D eigenvalue weighted by atomic mass is 10.1. The number of hydrogen-bond donors (Lipinski definition) is 0. The van der Waals surface area contributed by atoms with E-state index in [0.29, 0.717) is 4.47 Å². The van der Waals surface area contributed by atoms with E-state index in [4.69, 9.17) is 4.74 Å². The van der Waals surface area contributed by atoms with E-state index in [-0.39, 0.29) is 12.2 Å². The highest BCUT2D eigenvalue weighted by molar-refractivity contribution is 9.10. The van der Waals surface area contributed by atoms with Crippen LogP contribution in [0.3, 0.4) is 0 Å². The van der Waals surface area contributed by atoms with Gasteiger partial charge in [0.2, 0.25) is 0 Å². The van der Waals surface area contributed by atoms with Crippen LogP contribution in [0.1, 0.15) is 17.3 Å². The van der Waals surface area contributed by atoms with Crippen molar-refractivity contribution in [1.82, 2.24) is 0 Å². The lowest BCUT2D eigenvalue weighted by Gasteiger charge is -2.10. The zero-order chi connectivity index (χ0) is 11.4. The number of ether oxygens (including phenoxy) is 1. The molecule has 1 aromatic carbocycles. The van der Waals surface area contributed by atoms with Crippen LogP contribution in [-0.4, -0.2) is 12.6 Å². The maximum Gasteiger partial charge on any atom is 0.324 e. The number of rotatable bonds is 3. The number of hydrogen-bond acceptors (Lipinski definition) is 2. The first-order valence-electron chi connectivity index (χ1n) is 4.32. The van der Waals surface area contributed by atoms with E-state index in [2.05, 4.69) is 31.9 Å². The van der Waals surface area contributed by atoms with Crippen molar-refractivity contribution in [2.24, 2.45) is 0 Å². The third-order valence-corrected chi connectivity index (χ3v) is 3.09. The van der Waals surface area contributed by atoms with Crippen molar-refractivity contribution in [2.75, 3.05) is 6.61 Å². The van der Waals surface area contributed by atoms with E-state index in [1.807, 2.05) is 0 Å². The van der Waals surface area contributed by atoms with Gasteiger partial charge in [-0.3, -0.25) is 4.79 Å². The molecule has 0 aliphatic carbocycles. The fourth-order valence-electron chi connectivity index (χ4n) is 1.05. The first kappa shape index (κ1) is 12.6. The number of esters is 1. The Morgan fingerprint density at radius 1 is 1.60 bits per heavy atom. The van der Waals surface area contributed by atoms with Crippen LogP contribution < -0.4 is 0 Å². The van der Waals surface area contributed by atoms with E-state index in [0.717, 1.165) is 0 Å². The largest absolute Gasteiger partial charge is 0.465 e. The minimum Gasteiger partial charge on any atom is -0.465 e. The van der Waals surface area contributed by atoms with Crippen LogP contribution in [-0.2, 0) is 9.53 Å². The average molecular weight is 340 g/mol. The molecule has 15 heavy (non-hydrogen) atoms. The maximum atomic E-state index is 13.4. The average Bonchev–Trinajstić information content (AvgIpc) is 2.17. The third kappa shape index (κ3) is 3.28. The van der Waals surface area contributed by atoms with E-state index in [1.165, 1.54) is 12.1 Å². The number of halogens is 3. The maximum absolute atomic E-state index is 13.4. The molecule has 0 aliphatic heterocycles. The molecule has 0 fully saturated rings. The Bertz CT molecular complexity index is 368. The summed E-state index contributed by atoms with van der Waals surface area (Å²) in [6, 6.07) is 4.52. The summed E-state index contributed by atoms with van der Waals surface area (Å²) >= 11 is 6.24. The Morgan fingerprint density at radius 3 is 2.80 bits per heavy atom. The normalized spacial score (nSPS) is 12.3. The van der Waals surface area contributed by atoms with Crippen LogP contribution in [0, 0.1) is 5.82 Å². The smallest absolute Gasteiger partial charge is 0.324 e. The monoisotopic (exact) mass is 338 g/mol. The van der Waals surface area contributed by atoms with Gasteiger partial charge in [-0.25, -0.2) is 4.39 Å². The predicted octanol–water partition coefficient (Wildman–Crippen LogP) is 3.59. The third-order valence-electron chi connectivity index (χ3n) is 1.73. The summed E-state index contributed by atoms with van der Waals surface area (Å²) in [6.45, 7) is 1.98. The second kappa shape index (κ2) is 5.61. The molecule has 1 aromatic rings. The molecule has 0 N–H and O–H groups in total. The van der Waals surface area contributed by atoms with Gasteiger partial charge in [0.05, 0.1) is 6.61 Å². The Morgan fingerprint density at radius 2 is 2.27 bits per heavy atom. The fraction of sp³-hybridized carbons (Fsp3) is 0.300. The molecule has 0 bridgehead atoms. The highest BCUT2D eigenvalue weighted by Crippen LogP contribution is 2.28. The van der Waals surface area contributed by atoms with E-state index >= 15 is 0 Å². The number of carbonyl (C=O) groups is 1. The van der Waals surface area contributed by atoms with E-state index < -0.39 is 16.6 Å². The zero-order valence-electron chi connectivity index (χ0n) is 7.97. The molecular weight excluding hydrogens is 331 g/mol. The first-order chi connectivity index (χ1) is 7.06. The summed E-state index contributed by atoms with van der Waals surface area (Å²) in [5.74, 6) is -0.932. The van der Waals surface area contributed by atoms with Crippen LogP contribution in [0.2, 0.25) is 0 Å². The molecule has 0 heterocycles. The van der Waals surface area contributed by atoms with Gasteiger partial charge in [-0.1, -0.05) is 37.9 Å². The molecule has 0 spiro atoms. The second-order valence-corrected chi connectivity index (χ2v) is 4.61. The topological polar surface area (TPSA) is 26.3 Å². The number of alkyl halides is 1. The molecule has 2 nitrogen and oxygen atoms in total. The number of carbonyl (C=O) groups excluding carboxylic acids is 1. The zero-order valence-corrected chi connectivity index (χ0v) is 11.1. The predicted molar refractivity (Wildman–Crippen MR) is 62.4 cm³/mol. The molecule has 5 heteroatoms. The highest BCUT2D eigenvalue weighted by Gasteiger charge is 2.21. The van der Waals surface area contributed by atoms with Gasteiger partial charge in [0, 0.05) is 10.0 Å². The molecule has 0 saturated heterocycles. The summed E-state index contributed by atoms with van der Waals surface area (Å²) in [7, 11) is 0. The minimum atomic E-state index is -0.759. The van der Waals surface area contributed by atoms with Gasteiger partial charge in [-0.15, -0.1) is 0 Å². The summed E-state index contributed by atoms with van der Waals surface area (Å²) in [5, 5.41) is 0. The van der Waals surface area contributed by atoms with Gasteiger partial charge in [0.15, 0.2) is 0 Å². The van der Waals surface area contributed by atoms with Crippen molar-refractivity contribution in [3.63, 3.8) is 0 Å². The molecule has 1 atom stereocenters. The molecule has 0 aliphatic rings. The quantitative estimate of drug-likeness (QED) is 0.621. The Labute approximate surface area is 104 Å². The van der Waals surface area contributed by atoms with Crippen molar-refractivity contribution in [3.8, 4) is 0 Å². The SMILES string of the molecule is CCOC(=O)C(Br)c1ccc(Br)cc1F. The Kier molecular flexibility index (Phi) is 4.73. The molecule has 0 amide bonds. The van der Waals surface area contributed by atoms with Crippen molar-refractivity contribution in [2.45, 2.75) is 11.8 Å². The van der Waals surface area contributed by atoms with Crippen molar-refractivity contribution in [3.05, 3.63) is 34.1 Å². The van der Waals surface area contributed by atoms with Gasteiger partial charge in [0.1, 0.15) is 10.6 Å². The van der Waals surface area contributed by atoms with E-state index in [1.54, 1.807) is 13.0 Å². The van der Waals surface area contributed by atoms with E-state index in [9.17, 15) is 9.18 Å². The highest BCUT2D eigenvalue weighted by atomic mass is 79.9. The van der Waals surface area contributed by atoms with Crippen LogP contribution in [0.4, 0.5) is 4.39 Å². The van der Waals surface area contributed by atoms with Gasteiger partial charge in [-0.2, -0.15) is 0 Å². The summed E-state index contributed by atoms with van der Waals surface area (Å²) in [6.07, 6.45) is 0. The van der Waals surface area contributed by atoms with Gasteiger partial charge in [0.25, 0.3) is 0 Å². The lowest BCUT2D eigenvalue weighted by molar-refractivity contribution is -0.142. The van der Waals surface area contributed by atoms with Crippen molar-refractivity contribution in [1.29, 1.82) is 0 Å². The van der Waals surface area contributed by atoms with Crippen molar-refractivity contribution >= 4 is 37.8 Å². The molecule has 1 rings (SSSR count). The standard InChI is InChI=1S/C10H9Br2FO2/c1-2-15-10(14)9(12)7-4-3-6(11)5-8(7)13/h3-5,9H,2H2,1H3. The molecule has 0 aromatic heterocycles. The van der Waals surface area contributed by atoms with Crippen LogP contribution in [0.25, 0.3) is 0 Å². The lowest BCUT2D eigenvalue weighted by Crippen LogP contribution is -2.11. The Hall–Kier alpha value is -0.420. The summed E-state index contributed by atoms with van der Waals surface area (Å²) in [5.41, 5.74) is 0.275. The van der Waals surface area contributed by atoms with Gasteiger partial charge in [-0.05, 0) is 19.1 Å². The summed E-state index contributed by atoms with van der Waals surface area (Å²) in [4.78, 5) is 10.6. The van der Waals surface area contributed by atoms with Crippen LogP contribution >= 0.6 is 31.9 Å². The van der Waals surface area contributed by atoms with Gasteiger partial charge < -0.3 is 4.74 Å². The molecule has 0 radical (unpaired) electrons. The first-order valence-corrected chi connectivity index (χ1v) is 6.02. The number of benzene rings is 1. The second-order valence-electron chi connectivity index (χ2n) is 2.78. The van der Waals surface area contributed by atoms with Crippen molar-refractivity contribution < 1.29 is 13.9 Å². The van der Waals surface area contributed by atoms with Crippen LogP contribution in [0.15, 0.2) is 22.7 Å². The fourth-order valence-corrected chi connectivity index (χ4v) is 1.89. The molecule has 82 valence electrons. The molecular formula is C10H9Br2FO2.